The molecular formula is C13H19FN2O4S. The van der Waals surface area contributed by atoms with Crippen molar-refractivity contribution >= 4 is 15.9 Å². The Labute approximate surface area is 123 Å². The van der Waals surface area contributed by atoms with E-state index >= 15 is 0 Å². The van der Waals surface area contributed by atoms with E-state index in [1.807, 2.05) is 0 Å². The molecule has 0 bridgehead atoms. The Kier molecular flexibility index (Phi) is 5.82. The molecule has 118 valence electrons. The molecule has 6 nitrogen and oxygen atoms in total. The predicted octanol–water partition coefficient (Wildman–Crippen LogP) is 0.890. The molecule has 1 rings (SSSR count). The van der Waals surface area contributed by atoms with Gasteiger partial charge in [-0.25, -0.2) is 17.9 Å². The Morgan fingerprint density at radius 3 is 2.57 bits per heavy atom. The summed E-state index contributed by atoms with van der Waals surface area (Å²) in [6, 6.07) is 1.98. The topological polar surface area (TPSA) is 89.7 Å². The Morgan fingerprint density at radius 2 is 2.05 bits per heavy atom. The van der Waals surface area contributed by atoms with Crippen molar-refractivity contribution < 1.29 is 22.3 Å². The van der Waals surface area contributed by atoms with Crippen molar-refractivity contribution in [3.63, 3.8) is 0 Å². The summed E-state index contributed by atoms with van der Waals surface area (Å²) in [4.78, 5) is 13.2. The minimum Gasteiger partial charge on any atom is -0.385 e. The number of nitrogens with zero attached hydrogens (tertiary/aromatic N) is 1. The predicted molar refractivity (Wildman–Crippen MR) is 76.0 cm³/mol. The average Bonchev–Trinajstić information content (AvgIpc) is 2.36. The molecule has 0 aliphatic carbocycles. The van der Waals surface area contributed by atoms with Crippen molar-refractivity contribution in [2.45, 2.75) is 18.2 Å². The van der Waals surface area contributed by atoms with Crippen LogP contribution in [0.25, 0.3) is 0 Å². The minimum atomic E-state index is -4.01. The molecule has 0 heterocycles. The molecule has 0 atom stereocenters. The monoisotopic (exact) mass is 318 g/mol. The van der Waals surface area contributed by atoms with E-state index in [2.05, 4.69) is 0 Å². The van der Waals surface area contributed by atoms with Gasteiger partial charge in [0.1, 0.15) is 5.82 Å². The third kappa shape index (κ3) is 4.48. The fourth-order valence-corrected chi connectivity index (χ4v) is 2.67. The van der Waals surface area contributed by atoms with E-state index in [-0.39, 0.29) is 16.0 Å². The number of methoxy groups -OCH3 is 1. The zero-order chi connectivity index (χ0) is 16.2. The highest BCUT2D eigenvalue weighted by Crippen LogP contribution is 2.20. The van der Waals surface area contributed by atoms with Gasteiger partial charge in [-0.2, -0.15) is 0 Å². The third-order valence-electron chi connectivity index (χ3n) is 2.99. The number of rotatable bonds is 6. The van der Waals surface area contributed by atoms with Gasteiger partial charge in [0.05, 0.1) is 10.5 Å². The Morgan fingerprint density at radius 1 is 1.43 bits per heavy atom. The number of aryl methyl sites for hydroxylation is 1. The van der Waals surface area contributed by atoms with Gasteiger partial charge < -0.3 is 9.64 Å². The van der Waals surface area contributed by atoms with Gasteiger partial charge in [-0.15, -0.1) is 0 Å². The molecule has 0 fully saturated rings. The van der Waals surface area contributed by atoms with Gasteiger partial charge in [0.15, 0.2) is 0 Å². The van der Waals surface area contributed by atoms with Gasteiger partial charge in [0.2, 0.25) is 10.0 Å². The number of amides is 1. The first-order valence-corrected chi connectivity index (χ1v) is 7.80. The SMILES string of the molecule is COCCCN(C)C(=O)c1cc(S(N)(=O)=O)c(C)cc1F. The number of hydrogen-bond acceptors (Lipinski definition) is 4. The fourth-order valence-electron chi connectivity index (χ4n) is 1.88. The van der Waals surface area contributed by atoms with Crippen LogP contribution >= 0.6 is 0 Å². The van der Waals surface area contributed by atoms with Crippen molar-refractivity contribution in [2.75, 3.05) is 27.3 Å². The number of carbonyl (C=O) groups excluding carboxylic acids is 1. The van der Waals surface area contributed by atoms with Crippen LogP contribution in [0.15, 0.2) is 17.0 Å². The zero-order valence-corrected chi connectivity index (χ0v) is 13.0. The van der Waals surface area contributed by atoms with Gasteiger partial charge >= 0.3 is 0 Å². The van der Waals surface area contributed by atoms with Gasteiger partial charge in [0, 0.05) is 27.3 Å². The van der Waals surface area contributed by atoms with E-state index in [0.29, 0.717) is 19.6 Å². The van der Waals surface area contributed by atoms with E-state index in [4.69, 9.17) is 9.88 Å². The minimum absolute atomic E-state index is 0.161. The summed E-state index contributed by atoms with van der Waals surface area (Å²) in [5, 5.41) is 5.06. The first-order chi connectivity index (χ1) is 9.68. The molecule has 0 spiro atoms. The molecule has 1 aromatic rings. The van der Waals surface area contributed by atoms with E-state index in [1.54, 1.807) is 7.11 Å². The summed E-state index contributed by atoms with van der Waals surface area (Å²) < 4.78 is 41.7. The highest BCUT2D eigenvalue weighted by atomic mass is 32.2. The number of halogens is 1. The van der Waals surface area contributed by atoms with Gasteiger partial charge in [-0.05, 0) is 31.0 Å². The number of benzene rings is 1. The molecule has 2 N–H and O–H groups in total. The maximum absolute atomic E-state index is 13.9. The summed E-state index contributed by atoms with van der Waals surface area (Å²) >= 11 is 0. The number of sulfonamides is 1. The van der Waals surface area contributed by atoms with Crippen LogP contribution in [0.2, 0.25) is 0 Å². The smallest absolute Gasteiger partial charge is 0.256 e. The quantitative estimate of drug-likeness (QED) is 0.789. The lowest BCUT2D eigenvalue weighted by molar-refractivity contribution is 0.0774. The van der Waals surface area contributed by atoms with Crippen LogP contribution in [-0.2, 0) is 14.8 Å². The number of carbonyl (C=O) groups is 1. The molecule has 0 saturated heterocycles. The van der Waals surface area contributed by atoms with Gasteiger partial charge in [0.25, 0.3) is 5.91 Å². The molecule has 0 aliphatic heterocycles. The van der Waals surface area contributed by atoms with E-state index in [9.17, 15) is 17.6 Å². The second kappa shape index (κ2) is 6.97. The molecule has 0 unspecified atom stereocenters. The fraction of sp³-hybridized carbons (Fsp3) is 0.462. The summed E-state index contributed by atoms with van der Waals surface area (Å²) in [6.45, 7) is 2.25. The molecule has 8 heteroatoms. The maximum Gasteiger partial charge on any atom is 0.256 e. The van der Waals surface area contributed by atoms with Crippen LogP contribution in [0.3, 0.4) is 0 Å². The lowest BCUT2D eigenvalue weighted by Crippen LogP contribution is -2.29. The van der Waals surface area contributed by atoms with E-state index in [1.165, 1.54) is 18.9 Å². The summed E-state index contributed by atoms with van der Waals surface area (Å²) in [6.07, 6.45) is 0.592. The highest BCUT2D eigenvalue weighted by molar-refractivity contribution is 7.89. The van der Waals surface area contributed by atoms with Gasteiger partial charge in [-0.3, -0.25) is 4.79 Å². The standard InChI is InChI=1S/C13H19FN2O4S/c1-9-7-11(14)10(8-12(9)21(15,18)19)13(17)16(2)5-4-6-20-3/h7-8H,4-6H2,1-3H3,(H2,15,18,19). The van der Waals surface area contributed by atoms with Gasteiger partial charge in [-0.1, -0.05) is 0 Å². The highest BCUT2D eigenvalue weighted by Gasteiger charge is 2.21. The molecule has 1 aromatic carbocycles. The van der Waals surface area contributed by atoms with Crippen molar-refractivity contribution in [3.05, 3.63) is 29.1 Å². The normalized spacial score (nSPS) is 11.5. The summed E-state index contributed by atoms with van der Waals surface area (Å²) in [7, 11) is -0.961. The third-order valence-corrected chi connectivity index (χ3v) is 4.04. The molecule has 21 heavy (non-hydrogen) atoms. The molecular weight excluding hydrogens is 299 g/mol. The van der Waals surface area contributed by atoms with E-state index < -0.39 is 21.7 Å². The largest absolute Gasteiger partial charge is 0.385 e. The first-order valence-electron chi connectivity index (χ1n) is 6.25. The summed E-state index contributed by atoms with van der Waals surface area (Å²) in [5.41, 5.74) is -0.155. The van der Waals surface area contributed by atoms with E-state index in [0.717, 1.165) is 12.1 Å². The second-order valence-electron chi connectivity index (χ2n) is 4.72. The molecule has 0 aliphatic rings. The molecule has 1 amide bonds. The van der Waals surface area contributed by atoms with Crippen LogP contribution in [0, 0.1) is 12.7 Å². The Hall–Kier alpha value is -1.51. The van der Waals surface area contributed by atoms with Crippen LogP contribution in [0.1, 0.15) is 22.3 Å². The molecule has 0 aromatic heterocycles. The van der Waals surface area contributed by atoms with Crippen LogP contribution < -0.4 is 5.14 Å². The number of hydrogen-bond donors (Lipinski definition) is 1. The van der Waals surface area contributed by atoms with Crippen molar-refractivity contribution in [2.24, 2.45) is 5.14 Å². The van der Waals surface area contributed by atoms with Crippen LogP contribution in [-0.4, -0.2) is 46.5 Å². The zero-order valence-electron chi connectivity index (χ0n) is 12.2. The summed E-state index contributed by atoms with van der Waals surface area (Å²) in [5.74, 6) is -1.38. The van der Waals surface area contributed by atoms with Crippen LogP contribution in [0.5, 0.6) is 0 Å². The lowest BCUT2D eigenvalue weighted by atomic mass is 10.1. The van der Waals surface area contributed by atoms with Crippen molar-refractivity contribution in [3.8, 4) is 0 Å². The molecule has 0 saturated carbocycles. The Balaban J connectivity index is 3.10. The van der Waals surface area contributed by atoms with Crippen molar-refractivity contribution in [1.29, 1.82) is 0 Å². The number of nitrogens with two attached hydrogens (primary N) is 1. The van der Waals surface area contributed by atoms with Crippen LogP contribution in [0.4, 0.5) is 4.39 Å². The first kappa shape index (κ1) is 17.5. The molecule has 0 radical (unpaired) electrons. The average molecular weight is 318 g/mol. The number of primary sulfonamides is 1. The van der Waals surface area contributed by atoms with Crippen molar-refractivity contribution in [1.82, 2.24) is 4.90 Å². The second-order valence-corrected chi connectivity index (χ2v) is 6.25. The Bertz CT molecular complexity index is 631. The lowest BCUT2D eigenvalue weighted by Gasteiger charge is -2.18. The number of ether oxygens (including phenoxy) is 1. The maximum atomic E-state index is 13.9.